The van der Waals surface area contributed by atoms with Gasteiger partial charge in [-0.1, -0.05) is 5.16 Å². The molecule has 4 rings (SSSR count). The van der Waals surface area contributed by atoms with E-state index in [4.69, 9.17) is 9.57 Å². The summed E-state index contributed by atoms with van der Waals surface area (Å²) in [6, 6.07) is 7.62. The highest BCUT2D eigenvalue weighted by atomic mass is 16.6. The second-order valence-corrected chi connectivity index (χ2v) is 7.36. The van der Waals surface area contributed by atoms with E-state index in [0.29, 0.717) is 18.8 Å². The third-order valence-electron chi connectivity index (χ3n) is 5.43. The summed E-state index contributed by atoms with van der Waals surface area (Å²) in [5, 5.41) is 18.8. The summed E-state index contributed by atoms with van der Waals surface area (Å²) in [5.41, 5.74) is 5.52. The van der Waals surface area contributed by atoms with E-state index < -0.39 is 0 Å². The van der Waals surface area contributed by atoms with Crippen molar-refractivity contribution < 1.29 is 14.7 Å². The molecule has 3 aromatic heterocycles. The fourth-order valence-corrected chi connectivity index (χ4v) is 3.61. The average molecular weight is 422 g/mol. The topological polar surface area (TPSA) is 99.1 Å². The lowest BCUT2D eigenvalue weighted by atomic mass is 10.1. The summed E-state index contributed by atoms with van der Waals surface area (Å²) in [6.45, 7) is 7.00. The summed E-state index contributed by atoms with van der Waals surface area (Å²) in [4.78, 5) is 14.8. The molecule has 0 unspecified atom stereocenters. The number of aromatic nitrogens is 5. The number of fused-ring (bicyclic) bond motifs is 3. The van der Waals surface area contributed by atoms with E-state index in [-0.39, 0.29) is 13.2 Å². The van der Waals surface area contributed by atoms with Crippen molar-refractivity contribution >= 4 is 22.4 Å². The van der Waals surface area contributed by atoms with Crippen molar-refractivity contribution in [2.45, 2.75) is 40.3 Å². The number of oxime groups is 1. The van der Waals surface area contributed by atoms with E-state index in [1.165, 1.54) is 0 Å². The Labute approximate surface area is 179 Å². The highest BCUT2D eigenvalue weighted by molar-refractivity contribution is 5.98. The normalized spacial score (nSPS) is 12.1. The zero-order valence-electron chi connectivity index (χ0n) is 18.2. The van der Waals surface area contributed by atoms with Crippen LogP contribution in [0.5, 0.6) is 5.75 Å². The molecule has 3 heterocycles. The number of aliphatic hydroxyl groups excluding tert-OH is 1. The standard InChI is InChI=1S/C22H26N6O3/c1-14-16(3)27(10-5-11-29)21-20(14)22-24-19(25-28(22)13-23-21)12-31-26-15(2)17-6-8-18(30-4)9-7-17/h6-9,13,29H,5,10-12H2,1-4H3/b26-15-. The number of benzene rings is 1. The third-order valence-corrected chi connectivity index (χ3v) is 5.43. The molecule has 162 valence electrons. The van der Waals surface area contributed by atoms with Gasteiger partial charge in [-0.25, -0.2) is 14.5 Å². The fraction of sp³-hybridized carbons (Fsp3) is 0.364. The highest BCUT2D eigenvalue weighted by Crippen LogP contribution is 2.27. The van der Waals surface area contributed by atoms with Gasteiger partial charge in [-0.15, -0.1) is 5.10 Å². The molecule has 1 aromatic carbocycles. The maximum absolute atomic E-state index is 9.20. The first-order chi connectivity index (χ1) is 15.0. The SMILES string of the molecule is COc1ccc(/C(C)=N\OCc2nc3c4c(C)c(C)n(CCCO)c4ncn3n2)cc1. The fourth-order valence-electron chi connectivity index (χ4n) is 3.61. The molecule has 0 aliphatic heterocycles. The Bertz CT molecular complexity index is 1240. The van der Waals surface area contributed by atoms with Gasteiger partial charge >= 0.3 is 0 Å². The van der Waals surface area contributed by atoms with Crippen LogP contribution in [0.2, 0.25) is 0 Å². The number of methoxy groups -OCH3 is 1. The lowest BCUT2D eigenvalue weighted by Crippen LogP contribution is -2.03. The first-order valence-corrected chi connectivity index (χ1v) is 10.1. The monoisotopic (exact) mass is 422 g/mol. The van der Waals surface area contributed by atoms with Crippen molar-refractivity contribution in [3.63, 3.8) is 0 Å². The molecule has 0 radical (unpaired) electrons. The summed E-state index contributed by atoms with van der Waals surface area (Å²) in [5.74, 6) is 1.32. The van der Waals surface area contributed by atoms with Crippen LogP contribution in [-0.4, -0.2) is 48.7 Å². The second-order valence-electron chi connectivity index (χ2n) is 7.36. The molecule has 0 saturated carbocycles. The molecule has 0 aliphatic carbocycles. The summed E-state index contributed by atoms with van der Waals surface area (Å²) < 4.78 is 8.97. The lowest BCUT2D eigenvalue weighted by Gasteiger charge is -2.05. The minimum Gasteiger partial charge on any atom is -0.497 e. The number of aryl methyl sites for hydroxylation is 2. The van der Waals surface area contributed by atoms with Crippen molar-refractivity contribution in [1.82, 2.24) is 24.1 Å². The zero-order chi connectivity index (χ0) is 22.0. The van der Waals surface area contributed by atoms with E-state index >= 15 is 0 Å². The van der Waals surface area contributed by atoms with Crippen molar-refractivity contribution in [3.8, 4) is 5.75 Å². The van der Waals surface area contributed by atoms with Crippen molar-refractivity contribution in [1.29, 1.82) is 0 Å². The molecular weight excluding hydrogens is 396 g/mol. The molecule has 0 aliphatic rings. The van der Waals surface area contributed by atoms with Crippen LogP contribution in [0.1, 0.15) is 36.0 Å². The third kappa shape index (κ3) is 3.96. The molecule has 9 nitrogen and oxygen atoms in total. The van der Waals surface area contributed by atoms with Crippen molar-refractivity contribution in [2.24, 2.45) is 5.16 Å². The second kappa shape index (κ2) is 8.73. The minimum atomic E-state index is 0.142. The van der Waals surface area contributed by atoms with Gasteiger partial charge in [0, 0.05) is 18.8 Å². The first-order valence-electron chi connectivity index (χ1n) is 10.1. The Morgan fingerprint density at radius 1 is 1.16 bits per heavy atom. The first kappa shape index (κ1) is 20.8. The van der Waals surface area contributed by atoms with E-state index in [2.05, 4.69) is 38.6 Å². The zero-order valence-corrected chi connectivity index (χ0v) is 18.2. The molecule has 4 aromatic rings. The summed E-state index contributed by atoms with van der Waals surface area (Å²) in [7, 11) is 1.64. The van der Waals surface area contributed by atoms with E-state index in [9.17, 15) is 5.11 Å². The molecule has 0 saturated heterocycles. The lowest BCUT2D eigenvalue weighted by molar-refractivity contribution is 0.125. The number of hydrogen-bond acceptors (Lipinski definition) is 7. The summed E-state index contributed by atoms with van der Waals surface area (Å²) in [6.07, 6.45) is 2.34. The molecule has 1 N–H and O–H groups in total. The smallest absolute Gasteiger partial charge is 0.192 e. The van der Waals surface area contributed by atoms with Crippen LogP contribution in [0.3, 0.4) is 0 Å². The summed E-state index contributed by atoms with van der Waals surface area (Å²) >= 11 is 0. The quantitative estimate of drug-likeness (QED) is 0.346. The van der Waals surface area contributed by atoms with Gasteiger partial charge in [0.05, 0.1) is 18.2 Å². The van der Waals surface area contributed by atoms with Crippen molar-refractivity contribution in [3.05, 3.63) is 53.2 Å². The molecule has 0 fully saturated rings. The van der Waals surface area contributed by atoms with Crippen LogP contribution >= 0.6 is 0 Å². The molecule has 9 heteroatoms. The number of rotatable bonds is 8. The Morgan fingerprint density at radius 2 is 1.94 bits per heavy atom. The molecule has 0 spiro atoms. The van der Waals surface area contributed by atoms with E-state index in [1.54, 1.807) is 18.0 Å². The minimum absolute atomic E-state index is 0.142. The van der Waals surface area contributed by atoms with Gasteiger partial charge in [0.1, 0.15) is 17.7 Å². The Balaban J connectivity index is 1.57. The number of nitrogens with zero attached hydrogens (tertiary/aromatic N) is 6. The van der Waals surface area contributed by atoms with Gasteiger partial charge in [0.25, 0.3) is 0 Å². The van der Waals surface area contributed by atoms with Gasteiger partial charge in [-0.3, -0.25) is 0 Å². The van der Waals surface area contributed by atoms with Crippen LogP contribution in [0, 0.1) is 13.8 Å². The van der Waals surface area contributed by atoms with Gasteiger partial charge in [-0.2, -0.15) is 0 Å². The average Bonchev–Trinajstić information content (AvgIpc) is 3.31. The van der Waals surface area contributed by atoms with E-state index in [1.807, 2.05) is 31.2 Å². The van der Waals surface area contributed by atoms with Crippen LogP contribution in [0.4, 0.5) is 0 Å². The number of aliphatic hydroxyl groups is 1. The van der Waals surface area contributed by atoms with Crippen LogP contribution < -0.4 is 4.74 Å². The Hall–Kier alpha value is -3.46. The van der Waals surface area contributed by atoms with Crippen molar-refractivity contribution in [2.75, 3.05) is 13.7 Å². The predicted molar refractivity (Wildman–Crippen MR) is 117 cm³/mol. The maximum atomic E-state index is 9.20. The van der Waals surface area contributed by atoms with Gasteiger partial charge < -0.3 is 19.2 Å². The van der Waals surface area contributed by atoms with Gasteiger partial charge in [-0.05, 0) is 62.6 Å². The van der Waals surface area contributed by atoms with Crippen LogP contribution in [0.25, 0.3) is 16.7 Å². The maximum Gasteiger partial charge on any atom is 0.192 e. The Morgan fingerprint density at radius 3 is 2.65 bits per heavy atom. The van der Waals surface area contributed by atoms with Gasteiger partial charge in [0.15, 0.2) is 18.1 Å². The number of hydrogen-bond donors (Lipinski definition) is 1. The molecule has 0 atom stereocenters. The molecule has 31 heavy (non-hydrogen) atoms. The van der Waals surface area contributed by atoms with Crippen LogP contribution in [-0.2, 0) is 18.0 Å². The molecule has 0 amide bonds. The number of ether oxygens (including phenoxy) is 1. The largest absolute Gasteiger partial charge is 0.497 e. The molecule has 0 bridgehead atoms. The van der Waals surface area contributed by atoms with Crippen LogP contribution in [0.15, 0.2) is 35.7 Å². The Kier molecular flexibility index (Phi) is 5.85. The van der Waals surface area contributed by atoms with Gasteiger partial charge in [0.2, 0.25) is 0 Å². The van der Waals surface area contributed by atoms with E-state index in [0.717, 1.165) is 45.0 Å². The highest BCUT2D eigenvalue weighted by Gasteiger charge is 2.17. The molecular formula is C22H26N6O3. The predicted octanol–water partition coefficient (Wildman–Crippen LogP) is 3.03.